The van der Waals surface area contributed by atoms with E-state index in [9.17, 15) is 23.6 Å². The lowest BCUT2D eigenvalue weighted by atomic mass is 9.91. The smallest absolute Gasteiger partial charge is 0.348 e. The van der Waals surface area contributed by atoms with Crippen LogP contribution in [0.2, 0.25) is 0 Å². The van der Waals surface area contributed by atoms with Crippen molar-refractivity contribution in [3.63, 3.8) is 0 Å². The van der Waals surface area contributed by atoms with Crippen LogP contribution in [0.25, 0.3) is 10.2 Å². The van der Waals surface area contributed by atoms with Gasteiger partial charge in [0.1, 0.15) is 32.9 Å². The second kappa shape index (κ2) is 13.4. The number of esters is 1. The Balaban J connectivity index is 2.39. The number of aryl methyl sites for hydroxylation is 1. The number of Topliss-reactive ketones (excluding diaryl/α,β-unsaturated/α-hetero) is 1. The van der Waals surface area contributed by atoms with Gasteiger partial charge in [-0.15, -0.1) is 11.3 Å². The van der Waals surface area contributed by atoms with Gasteiger partial charge in [-0.3, -0.25) is 14.2 Å². The van der Waals surface area contributed by atoms with Gasteiger partial charge in [0.2, 0.25) is 0 Å². The van der Waals surface area contributed by atoms with E-state index in [1.807, 2.05) is 19.9 Å². The van der Waals surface area contributed by atoms with Crippen molar-refractivity contribution in [1.82, 2.24) is 9.13 Å². The first-order chi connectivity index (χ1) is 19.8. The summed E-state index contributed by atoms with van der Waals surface area (Å²) < 4.78 is 33.2. The van der Waals surface area contributed by atoms with Gasteiger partial charge < -0.3 is 14.2 Å². The molecule has 0 bridgehead atoms. The van der Waals surface area contributed by atoms with Crippen LogP contribution in [0.1, 0.15) is 74.4 Å². The number of benzene rings is 1. The Bertz CT molecular complexity index is 1650. The number of methoxy groups -OCH3 is 1. The van der Waals surface area contributed by atoms with Crippen LogP contribution in [-0.4, -0.2) is 41.2 Å². The highest BCUT2D eigenvalue weighted by atomic mass is 32.1. The number of aromatic nitrogens is 2. The monoisotopic (exact) mass is 601 g/mol. The molecule has 0 aliphatic heterocycles. The molecule has 0 amide bonds. The second-order valence-electron chi connectivity index (χ2n) is 10.7. The fraction of sp³-hybridized carbons (Fsp3) is 0.500. The lowest BCUT2D eigenvalue weighted by Gasteiger charge is -2.28. The molecule has 3 rings (SSSR count). The summed E-state index contributed by atoms with van der Waals surface area (Å²) in [5, 5.41) is 9.18. The Labute approximate surface area is 247 Å². The van der Waals surface area contributed by atoms with Crippen molar-refractivity contribution >= 4 is 33.3 Å². The van der Waals surface area contributed by atoms with Crippen molar-refractivity contribution < 1.29 is 28.2 Å². The molecule has 3 aromatic rings. The molecule has 0 aliphatic carbocycles. The van der Waals surface area contributed by atoms with E-state index in [0.29, 0.717) is 5.56 Å². The molecule has 2 heterocycles. The molecule has 42 heavy (non-hydrogen) atoms. The minimum Gasteiger partial charge on any atom is -0.496 e. The van der Waals surface area contributed by atoms with Crippen LogP contribution in [0.15, 0.2) is 27.8 Å². The number of rotatable bonds is 13. The van der Waals surface area contributed by atoms with Crippen LogP contribution in [-0.2, 0) is 26.4 Å². The molecule has 0 fully saturated rings. The van der Waals surface area contributed by atoms with E-state index in [0.717, 1.165) is 15.9 Å². The summed E-state index contributed by atoms with van der Waals surface area (Å²) in [4.78, 5) is 54.7. The zero-order valence-corrected chi connectivity index (χ0v) is 25.7. The number of thiophene rings is 1. The molecular formula is C30H36FN3O7S. The number of fused-ring (bicyclic) bond motifs is 1. The maximum absolute atomic E-state index is 14.4. The normalized spacial score (nSPS) is 12.4. The highest BCUT2D eigenvalue weighted by molar-refractivity contribution is 7.20. The van der Waals surface area contributed by atoms with Crippen LogP contribution >= 0.6 is 11.3 Å². The summed E-state index contributed by atoms with van der Waals surface area (Å²) in [7, 11) is 1.41. The Kier molecular flexibility index (Phi) is 10.5. The predicted octanol–water partition coefficient (Wildman–Crippen LogP) is 4.88. The number of nitriles is 1. The van der Waals surface area contributed by atoms with E-state index in [4.69, 9.17) is 19.5 Å². The summed E-state index contributed by atoms with van der Waals surface area (Å²) in [5.41, 5.74) is -2.43. The van der Waals surface area contributed by atoms with Gasteiger partial charge in [0.05, 0.1) is 44.7 Å². The van der Waals surface area contributed by atoms with Gasteiger partial charge in [0.15, 0.2) is 5.78 Å². The van der Waals surface area contributed by atoms with Crippen molar-refractivity contribution in [2.75, 3.05) is 20.3 Å². The Morgan fingerprint density at radius 2 is 1.90 bits per heavy atom. The van der Waals surface area contributed by atoms with Gasteiger partial charge in [-0.1, -0.05) is 13.8 Å². The van der Waals surface area contributed by atoms with Crippen molar-refractivity contribution in [1.29, 1.82) is 5.26 Å². The van der Waals surface area contributed by atoms with E-state index in [2.05, 4.69) is 0 Å². The number of hydrogen-bond donors (Lipinski definition) is 0. The second-order valence-corrected chi connectivity index (χ2v) is 11.7. The molecule has 226 valence electrons. The van der Waals surface area contributed by atoms with Crippen LogP contribution in [0.3, 0.4) is 0 Å². The van der Waals surface area contributed by atoms with Gasteiger partial charge in [0.25, 0.3) is 5.56 Å². The highest BCUT2D eigenvalue weighted by Crippen LogP contribution is 2.34. The van der Waals surface area contributed by atoms with Gasteiger partial charge in [-0.25, -0.2) is 18.5 Å². The first kappa shape index (κ1) is 32.7. The van der Waals surface area contributed by atoms with Crippen LogP contribution in [0.4, 0.5) is 4.39 Å². The highest BCUT2D eigenvalue weighted by Gasteiger charge is 2.36. The number of carbonyl (C=O) groups excluding carboxylic acids is 2. The summed E-state index contributed by atoms with van der Waals surface area (Å²) in [6, 6.07) is 5.85. The van der Waals surface area contributed by atoms with Crippen LogP contribution < -0.4 is 16.0 Å². The maximum atomic E-state index is 14.4. The molecule has 0 unspecified atom stereocenters. The van der Waals surface area contributed by atoms with Crippen LogP contribution in [0.5, 0.6) is 5.75 Å². The number of nitrogens with zero attached hydrogens (tertiary/aromatic N) is 3. The molecule has 12 heteroatoms. The molecule has 0 radical (unpaired) electrons. The number of ether oxygens (including phenoxy) is 3. The van der Waals surface area contributed by atoms with Crippen molar-refractivity contribution in [3.8, 4) is 11.8 Å². The average Bonchev–Trinajstić information content (AvgIpc) is 3.27. The van der Waals surface area contributed by atoms with Crippen molar-refractivity contribution in [3.05, 3.63) is 60.9 Å². The summed E-state index contributed by atoms with van der Waals surface area (Å²) in [6.45, 7) is 9.83. The molecule has 1 aromatic carbocycles. The minimum absolute atomic E-state index is 0.0184. The van der Waals surface area contributed by atoms with Gasteiger partial charge >= 0.3 is 11.7 Å². The molecule has 2 aromatic heterocycles. The zero-order chi connectivity index (χ0) is 31.4. The van der Waals surface area contributed by atoms with Gasteiger partial charge in [-0.2, -0.15) is 5.26 Å². The fourth-order valence-corrected chi connectivity index (χ4v) is 5.94. The molecular weight excluding hydrogens is 565 g/mol. The molecule has 0 spiro atoms. The SMILES string of the molecule is CCOC(=O)c1sc2c(c1C)c(=O)n(C(C)(C)C(=O)CC(C)C)c(=O)n2C[C@H](OCCC#N)c1cc(F)ccc1OC. The molecule has 0 aliphatic rings. The first-order valence-corrected chi connectivity index (χ1v) is 14.4. The molecule has 1 atom stereocenters. The number of ketones is 1. The van der Waals surface area contributed by atoms with E-state index in [1.165, 1.54) is 43.7 Å². The largest absolute Gasteiger partial charge is 0.496 e. The van der Waals surface area contributed by atoms with Crippen molar-refractivity contribution in [2.24, 2.45) is 5.92 Å². The fourth-order valence-electron chi connectivity index (χ4n) is 4.75. The summed E-state index contributed by atoms with van der Waals surface area (Å²) in [5.74, 6) is -1.26. The zero-order valence-electron chi connectivity index (χ0n) is 24.9. The number of halogens is 1. The average molecular weight is 602 g/mol. The lowest BCUT2D eigenvalue weighted by molar-refractivity contribution is -0.127. The van der Waals surface area contributed by atoms with Gasteiger partial charge in [-0.05, 0) is 57.4 Å². The summed E-state index contributed by atoms with van der Waals surface area (Å²) >= 11 is 0.921. The molecule has 10 nitrogen and oxygen atoms in total. The Morgan fingerprint density at radius 1 is 1.21 bits per heavy atom. The number of hydrogen-bond acceptors (Lipinski definition) is 9. The number of carbonyl (C=O) groups is 2. The quantitative estimate of drug-likeness (QED) is 0.200. The Morgan fingerprint density at radius 3 is 2.50 bits per heavy atom. The van der Waals surface area contributed by atoms with E-state index in [-0.39, 0.29) is 70.7 Å². The third-order valence-electron chi connectivity index (χ3n) is 6.93. The molecule has 0 saturated carbocycles. The van der Waals surface area contributed by atoms with Crippen LogP contribution in [0, 0.1) is 30.0 Å². The maximum Gasteiger partial charge on any atom is 0.348 e. The predicted molar refractivity (Wildman–Crippen MR) is 157 cm³/mol. The van der Waals surface area contributed by atoms with E-state index < -0.39 is 34.7 Å². The van der Waals surface area contributed by atoms with E-state index >= 15 is 0 Å². The topological polar surface area (TPSA) is 130 Å². The minimum atomic E-state index is -1.53. The molecule has 0 saturated heterocycles. The third kappa shape index (κ3) is 6.47. The van der Waals surface area contributed by atoms with E-state index in [1.54, 1.807) is 13.8 Å². The van der Waals surface area contributed by atoms with Gasteiger partial charge in [0, 0.05) is 12.0 Å². The third-order valence-corrected chi connectivity index (χ3v) is 8.22. The van der Waals surface area contributed by atoms with Crippen molar-refractivity contribution in [2.45, 2.75) is 72.6 Å². The Hall–Kier alpha value is -3.82. The standard InChI is InChI=1S/C30H36FN3O7S/c1-8-40-28(37)25-18(4)24-26(36)34(30(5,6)23(35)14-17(2)3)29(38)33(27(24)42-25)16-22(41-13-9-12-32)20-15-19(31)10-11-21(20)39-7/h10-11,15,17,22H,8-9,13-14,16H2,1-7H3/t22-/m0/s1. The molecule has 0 N–H and O–H groups in total. The lowest BCUT2D eigenvalue weighted by Crippen LogP contribution is -2.53. The first-order valence-electron chi connectivity index (χ1n) is 13.6. The summed E-state index contributed by atoms with van der Waals surface area (Å²) in [6.07, 6.45) is -0.841.